The Morgan fingerprint density at radius 2 is 2.20 bits per heavy atom. The first kappa shape index (κ1) is 14.2. The monoisotopic (exact) mass is 275 g/mol. The average Bonchev–Trinajstić information content (AvgIpc) is 2.89. The Hall–Kier alpha value is -2.17. The molecule has 1 aromatic carbocycles. The molecule has 1 aromatic heterocycles. The van der Waals surface area contributed by atoms with Crippen LogP contribution in [-0.4, -0.2) is 21.5 Å². The summed E-state index contributed by atoms with van der Waals surface area (Å²) in [7, 11) is 0. The van der Waals surface area contributed by atoms with Gasteiger partial charge in [-0.15, -0.1) is 0 Å². The molecule has 2 N–H and O–H groups in total. The minimum Gasteiger partial charge on any atom is -0.504 e. The van der Waals surface area contributed by atoms with Crippen LogP contribution in [0.3, 0.4) is 0 Å². The molecule has 0 unspecified atom stereocenters. The summed E-state index contributed by atoms with van der Waals surface area (Å²) in [4.78, 5) is 0. The van der Waals surface area contributed by atoms with Gasteiger partial charge in [0.15, 0.2) is 11.5 Å². The van der Waals surface area contributed by atoms with Crippen molar-refractivity contribution >= 4 is 5.69 Å². The number of nitrogens with zero attached hydrogens (tertiary/aromatic N) is 2. The van der Waals surface area contributed by atoms with E-state index in [1.54, 1.807) is 6.07 Å². The molecular weight excluding hydrogens is 254 g/mol. The lowest BCUT2D eigenvalue weighted by atomic mass is 10.2. The Balaban J connectivity index is 2.01. The van der Waals surface area contributed by atoms with Crippen LogP contribution in [0.5, 0.6) is 11.5 Å². The summed E-state index contributed by atoms with van der Waals surface area (Å²) >= 11 is 0. The number of phenolic OH excluding ortho intramolecular Hbond substituents is 1. The number of anilines is 1. The number of hydrogen-bond acceptors (Lipinski definition) is 4. The molecule has 0 amide bonds. The molecule has 0 aliphatic heterocycles. The molecule has 0 atom stereocenters. The summed E-state index contributed by atoms with van der Waals surface area (Å²) < 4.78 is 7.28. The van der Waals surface area contributed by atoms with Crippen LogP contribution in [-0.2, 0) is 6.54 Å². The number of aromatic nitrogens is 2. The molecule has 0 bridgehead atoms. The fraction of sp³-hybridized carbons (Fsp3) is 0.400. The molecule has 2 rings (SSSR count). The Morgan fingerprint density at radius 1 is 1.40 bits per heavy atom. The lowest BCUT2D eigenvalue weighted by Crippen LogP contribution is -2.01. The van der Waals surface area contributed by atoms with Crippen molar-refractivity contribution in [2.45, 2.75) is 33.4 Å². The van der Waals surface area contributed by atoms with Gasteiger partial charge in [-0.3, -0.25) is 4.68 Å². The second kappa shape index (κ2) is 6.32. The van der Waals surface area contributed by atoms with Crippen molar-refractivity contribution in [1.29, 1.82) is 0 Å². The predicted octanol–water partition coefficient (Wildman–Crippen LogP) is 3.18. The molecule has 0 fully saturated rings. The van der Waals surface area contributed by atoms with E-state index in [-0.39, 0.29) is 5.75 Å². The van der Waals surface area contributed by atoms with Crippen LogP contribution in [0.15, 0.2) is 30.6 Å². The molecule has 0 aliphatic rings. The van der Waals surface area contributed by atoms with E-state index >= 15 is 0 Å². The highest BCUT2D eigenvalue weighted by molar-refractivity contribution is 5.44. The zero-order chi connectivity index (χ0) is 14.5. The third-order valence-electron chi connectivity index (χ3n) is 2.95. The van der Waals surface area contributed by atoms with Gasteiger partial charge in [0.05, 0.1) is 18.5 Å². The van der Waals surface area contributed by atoms with Crippen molar-refractivity contribution in [3.63, 3.8) is 0 Å². The highest BCUT2D eigenvalue weighted by Crippen LogP contribution is 2.27. The second-order valence-corrected chi connectivity index (χ2v) is 4.89. The van der Waals surface area contributed by atoms with Gasteiger partial charge in [-0.1, -0.05) is 6.07 Å². The lowest BCUT2D eigenvalue weighted by Gasteiger charge is -2.09. The van der Waals surface area contributed by atoms with E-state index in [0.717, 1.165) is 11.3 Å². The first-order chi connectivity index (χ1) is 9.60. The van der Waals surface area contributed by atoms with Gasteiger partial charge >= 0.3 is 0 Å². The third-order valence-corrected chi connectivity index (χ3v) is 2.95. The van der Waals surface area contributed by atoms with E-state index in [2.05, 4.69) is 24.3 Å². The van der Waals surface area contributed by atoms with Crippen molar-refractivity contribution < 1.29 is 9.84 Å². The van der Waals surface area contributed by atoms with E-state index in [9.17, 15) is 5.11 Å². The minimum absolute atomic E-state index is 0.170. The Bertz CT molecular complexity index is 564. The van der Waals surface area contributed by atoms with E-state index in [4.69, 9.17) is 4.74 Å². The summed E-state index contributed by atoms with van der Waals surface area (Å²) in [5, 5.41) is 17.2. The van der Waals surface area contributed by atoms with Crippen LogP contribution in [0.4, 0.5) is 5.69 Å². The Labute approximate surface area is 119 Å². The molecular formula is C15H21N3O2. The molecule has 2 aromatic rings. The zero-order valence-electron chi connectivity index (χ0n) is 12.1. The van der Waals surface area contributed by atoms with Gasteiger partial charge in [0.2, 0.25) is 0 Å². The van der Waals surface area contributed by atoms with Crippen LogP contribution in [0.1, 0.15) is 32.4 Å². The summed E-state index contributed by atoms with van der Waals surface area (Å²) in [5.41, 5.74) is 2.02. The van der Waals surface area contributed by atoms with Gasteiger partial charge in [0.1, 0.15) is 0 Å². The van der Waals surface area contributed by atoms with Gasteiger partial charge < -0.3 is 15.2 Å². The fourth-order valence-electron chi connectivity index (χ4n) is 1.86. The SMILES string of the molecule is CCOc1cc(CNc2cnn(C(C)C)c2)ccc1O. The van der Waals surface area contributed by atoms with Crippen molar-refractivity contribution in [2.24, 2.45) is 0 Å². The number of benzene rings is 1. The van der Waals surface area contributed by atoms with Gasteiger partial charge in [-0.05, 0) is 38.5 Å². The van der Waals surface area contributed by atoms with Crippen LogP contribution < -0.4 is 10.1 Å². The third kappa shape index (κ3) is 3.44. The molecule has 0 saturated carbocycles. The van der Waals surface area contributed by atoms with Crippen molar-refractivity contribution in [3.05, 3.63) is 36.2 Å². The maximum absolute atomic E-state index is 9.66. The molecule has 0 spiro atoms. The second-order valence-electron chi connectivity index (χ2n) is 4.89. The van der Waals surface area contributed by atoms with E-state index < -0.39 is 0 Å². The maximum Gasteiger partial charge on any atom is 0.161 e. The molecule has 0 aliphatic carbocycles. The molecule has 20 heavy (non-hydrogen) atoms. The summed E-state index contributed by atoms with van der Waals surface area (Å²) in [5.74, 6) is 0.688. The normalized spacial score (nSPS) is 10.8. The standard InChI is InChI=1S/C15H21N3O2/c1-4-20-15-7-12(5-6-14(15)19)8-16-13-9-17-18(10-13)11(2)3/h5-7,9-11,16,19H,4,8H2,1-3H3. The number of nitrogens with one attached hydrogen (secondary N) is 1. The van der Waals surface area contributed by atoms with E-state index in [0.29, 0.717) is 24.9 Å². The smallest absolute Gasteiger partial charge is 0.161 e. The number of aromatic hydroxyl groups is 1. The first-order valence-electron chi connectivity index (χ1n) is 6.83. The number of hydrogen-bond donors (Lipinski definition) is 2. The highest BCUT2D eigenvalue weighted by atomic mass is 16.5. The number of rotatable bonds is 6. The lowest BCUT2D eigenvalue weighted by molar-refractivity contribution is 0.318. The Morgan fingerprint density at radius 3 is 2.85 bits per heavy atom. The van der Waals surface area contributed by atoms with Crippen molar-refractivity contribution in [2.75, 3.05) is 11.9 Å². The predicted molar refractivity (Wildman–Crippen MR) is 79.2 cm³/mol. The fourth-order valence-corrected chi connectivity index (χ4v) is 1.86. The van der Waals surface area contributed by atoms with Crippen LogP contribution in [0.2, 0.25) is 0 Å². The van der Waals surface area contributed by atoms with E-state index in [1.165, 1.54) is 0 Å². The largest absolute Gasteiger partial charge is 0.504 e. The first-order valence-corrected chi connectivity index (χ1v) is 6.83. The average molecular weight is 275 g/mol. The number of phenols is 1. The molecule has 108 valence electrons. The van der Waals surface area contributed by atoms with E-state index in [1.807, 2.05) is 36.1 Å². The minimum atomic E-state index is 0.170. The Kier molecular flexibility index (Phi) is 4.50. The van der Waals surface area contributed by atoms with Gasteiger partial charge in [-0.25, -0.2) is 0 Å². The summed E-state index contributed by atoms with van der Waals surface area (Å²) in [6.07, 6.45) is 3.79. The quantitative estimate of drug-likeness (QED) is 0.850. The van der Waals surface area contributed by atoms with Crippen molar-refractivity contribution in [3.8, 4) is 11.5 Å². The molecule has 1 heterocycles. The van der Waals surface area contributed by atoms with Gasteiger partial charge in [0.25, 0.3) is 0 Å². The van der Waals surface area contributed by atoms with Gasteiger partial charge in [-0.2, -0.15) is 5.10 Å². The summed E-state index contributed by atoms with van der Waals surface area (Å²) in [6.45, 7) is 7.26. The van der Waals surface area contributed by atoms with Crippen LogP contribution in [0, 0.1) is 0 Å². The number of ether oxygens (including phenoxy) is 1. The topological polar surface area (TPSA) is 59.3 Å². The zero-order valence-corrected chi connectivity index (χ0v) is 12.1. The maximum atomic E-state index is 9.66. The summed E-state index contributed by atoms with van der Waals surface area (Å²) in [6, 6.07) is 5.72. The van der Waals surface area contributed by atoms with Crippen molar-refractivity contribution in [1.82, 2.24) is 9.78 Å². The van der Waals surface area contributed by atoms with Crippen LogP contribution in [0.25, 0.3) is 0 Å². The highest BCUT2D eigenvalue weighted by Gasteiger charge is 2.05. The molecule has 0 saturated heterocycles. The molecule has 0 radical (unpaired) electrons. The van der Waals surface area contributed by atoms with Crippen LogP contribution >= 0.6 is 0 Å². The van der Waals surface area contributed by atoms with Gasteiger partial charge in [0, 0.05) is 18.8 Å². The molecule has 5 heteroatoms. The molecule has 5 nitrogen and oxygen atoms in total.